The van der Waals surface area contributed by atoms with E-state index in [1.54, 1.807) is 0 Å². The molecule has 134 valence electrons. The molecule has 2 aliphatic rings. The molecule has 2 aliphatic heterocycles. The van der Waals surface area contributed by atoms with Crippen molar-refractivity contribution in [3.8, 4) is 0 Å². The van der Waals surface area contributed by atoms with E-state index in [9.17, 15) is 0 Å². The fourth-order valence-electron chi connectivity index (χ4n) is 3.28. The van der Waals surface area contributed by atoms with Crippen molar-refractivity contribution in [3.63, 3.8) is 0 Å². The highest BCUT2D eigenvalue weighted by atomic mass is 16.5. The lowest BCUT2D eigenvalue weighted by atomic mass is 9.87. The molecular weight excluding hydrogens is 306 g/mol. The van der Waals surface area contributed by atoms with E-state index >= 15 is 0 Å². The first-order chi connectivity index (χ1) is 11.4. The fourth-order valence-corrected chi connectivity index (χ4v) is 3.28. The quantitative estimate of drug-likeness (QED) is 0.672. The van der Waals surface area contributed by atoms with E-state index in [4.69, 9.17) is 14.3 Å². The maximum atomic E-state index is 5.61. The van der Waals surface area contributed by atoms with Crippen molar-refractivity contribution in [2.24, 2.45) is 10.4 Å². The van der Waals surface area contributed by atoms with Gasteiger partial charge in [0, 0.05) is 37.1 Å². The molecule has 0 bridgehead atoms. The molecule has 7 heteroatoms. The zero-order chi connectivity index (χ0) is 17.2. The second-order valence-electron chi connectivity index (χ2n) is 7.91. The van der Waals surface area contributed by atoms with Gasteiger partial charge in [0.05, 0.1) is 6.61 Å². The smallest absolute Gasteiger partial charge is 0.232 e. The van der Waals surface area contributed by atoms with Crippen molar-refractivity contribution in [1.29, 1.82) is 0 Å². The molecule has 0 amide bonds. The number of nitrogens with one attached hydrogen (secondary N) is 1. The zero-order valence-corrected chi connectivity index (χ0v) is 15.3. The average Bonchev–Trinajstić information content (AvgIpc) is 3.25. The van der Waals surface area contributed by atoms with Gasteiger partial charge >= 0.3 is 0 Å². The van der Waals surface area contributed by atoms with Crippen LogP contribution in [0.15, 0.2) is 9.52 Å². The van der Waals surface area contributed by atoms with Crippen LogP contribution in [0.5, 0.6) is 0 Å². The minimum Gasteiger partial charge on any atom is -0.381 e. The van der Waals surface area contributed by atoms with Gasteiger partial charge in [0.1, 0.15) is 6.54 Å². The summed E-state index contributed by atoms with van der Waals surface area (Å²) in [6, 6.07) is 0. The molecule has 1 aromatic heterocycles. The van der Waals surface area contributed by atoms with Crippen LogP contribution in [-0.4, -0.2) is 53.8 Å². The van der Waals surface area contributed by atoms with Gasteiger partial charge in [0.15, 0.2) is 11.8 Å². The third kappa shape index (κ3) is 3.71. The number of aliphatic imine (C=N–C) groups is 1. The molecule has 1 unspecified atom stereocenters. The summed E-state index contributed by atoms with van der Waals surface area (Å²) in [4.78, 5) is 11.5. The van der Waals surface area contributed by atoms with Crippen LogP contribution in [0.4, 0.5) is 0 Å². The van der Waals surface area contributed by atoms with Gasteiger partial charge in [-0.2, -0.15) is 4.98 Å². The Kier molecular flexibility index (Phi) is 4.80. The number of nitrogens with zero attached hydrogens (tertiary/aromatic N) is 4. The maximum Gasteiger partial charge on any atom is 0.232 e. The second-order valence-corrected chi connectivity index (χ2v) is 7.91. The van der Waals surface area contributed by atoms with Crippen LogP contribution < -0.4 is 5.32 Å². The Morgan fingerprint density at radius 1 is 1.38 bits per heavy atom. The SMILES string of the molecule is CCNC(=NCc1noc(C(C)(C)C)n1)N1CCC2(CCOC2)C1. The van der Waals surface area contributed by atoms with Crippen LogP contribution in [0.2, 0.25) is 0 Å². The summed E-state index contributed by atoms with van der Waals surface area (Å²) in [5.74, 6) is 2.22. The Hall–Kier alpha value is -1.63. The number of aromatic nitrogens is 2. The molecule has 1 spiro atoms. The first-order valence-corrected chi connectivity index (χ1v) is 8.86. The van der Waals surface area contributed by atoms with Gasteiger partial charge in [-0.15, -0.1) is 0 Å². The molecule has 24 heavy (non-hydrogen) atoms. The van der Waals surface area contributed by atoms with Gasteiger partial charge in [-0.25, -0.2) is 4.99 Å². The van der Waals surface area contributed by atoms with Gasteiger partial charge in [-0.3, -0.25) is 0 Å². The number of likely N-dealkylation sites (tertiary alicyclic amines) is 1. The standard InChI is InChI=1S/C17H29N5O2/c1-5-18-15(22-8-6-17(11-22)7-9-23-12-17)19-10-13-20-14(24-21-13)16(2,3)4/h5-12H2,1-4H3,(H,18,19). The third-order valence-corrected chi connectivity index (χ3v) is 4.74. The van der Waals surface area contributed by atoms with Gasteiger partial charge in [0.25, 0.3) is 0 Å². The van der Waals surface area contributed by atoms with Crippen molar-refractivity contribution in [2.45, 2.75) is 52.5 Å². The molecule has 7 nitrogen and oxygen atoms in total. The average molecular weight is 335 g/mol. The first kappa shape index (κ1) is 17.2. The summed E-state index contributed by atoms with van der Waals surface area (Å²) in [6.45, 7) is 13.4. The van der Waals surface area contributed by atoms with Crippen LogP contribution in [0.3, 0.4) is 0 Å². The van der Waals surface area contributed by atoms with Crippen LogP contribution in [-0.2, 0) is 16.7 Å². The summed E-state index contributed by atoms with van der Waals surface area (Å²) in [6.07, 6.45) is 2.33. The Morgan fingerprint density at radius 3 is 2.83 bits per heavy atom. The lowest BCUT2D eigenvalue weighted by molar-refractivity contribution is 0.156. The molecule has 1 N–H and O–H groups in total. The minimum atomic E-state index is -0.136. The molecular formula is C17H29N5O2. The minimum absolute atomic E-state index is 0.136. The third-order valence-electron chi connectivity index (χ3n) is 4.74. The normalized spacial score (nSPS) is 25.0. The van der Waals surface area contributed by atoms with Crippen LogP contribution in [0.25, 0.3) is 0 Å². The Labute approximate surface area is 143 Å². The van der Waals surface area contributed by atoms with Gasteiger partial charge in [-0.1, -0.05) is 25.9 Å². The van der Waals surface area contributed by atoms with Crippen molar-refractivity contribution in [1.82, 2.24) is 20.4 Å². The highest BCUT2D eigenvalue weighted by molar-refractivity contribution is 5.80. The Bertz CT molecular complexity index is 584. The predicted octanol–water partition coefficient (Wildman–Crippen LogP) is 1.94. The summed E-state index contributed by atoms with van der Waals surface area (Å²) < 4.78 is 11.0. The fraction of sp³-hybridized carbons (Fsp3) is 0.824. The predicted molar refractivity (Wildman–Crippen MR) is 91.9 cm³/mol. The molecule has 0 saturated carbocycles. The summed E-state index contributed by atoms with van der Waals surface area (Å²) >= 11 is 0. The van der Waals surface area contributed by atoms with Crippen LogP contribution in [0.1, 0.15) is 52.3 Å². The highest BCUT2D eigenvalue weighted by Gasteiger charge is 2.42. The molecule has 1 aromatic rings. The van der Waals surface area contributed by atoms with Gasteiger partial charge in [0.2, 0.25) is 5.89 Å². The summed E-state index contributed by atoms with van der Waals surface area (Å²) in [5.41, 5.74) is 0.186. The highest BCUT2D eigenvalue weighted by Crippen LogP contribution is 2.38. The number of guanidine groups is 1. The molecule has 3 rings (SSSR count). The van der Waals surface area contributed by atoms with E-state index in [1.807, 2.05) is 0 Å². The molecule has 0 aliphatic carbocycles. The molecule has 2 fully saturated rings. The van der Waals surface area contributed by atoms with E-state index in [0.717, 1.165) is 45.2 Å². The number of rotatable bonds is 3. The van der Waals surface area contributed by atoms with Crippen molar-refractivity contribution >= 4 is 5.96 Å². The van der Waals surface area contributed by atoms with Crippen molar-refractivity contribution < 1.29 is 9.26 Å². The molecule has 2 saturated heterocycles. The summed E-state index contributed by atoms with van der Waals surface area (Å²) in [5, 5.41) is 7.44. The van der Waals surface area contributed by atoms with E-state index in [2.05, 4.69) is 48.1 Å². The molecule has 1 atom stereocenters. The van der Waals surface area contributed by atoms with Crippen LogP contribution >= 0.6 is 0 Å². The lowest BCUT2D eigenvalue weighted by Gasteiger charge is -2.24. The van der Waals surface area contributed by atoms with Crippen molar-refractivity contribution in [2.75, 3.05) is 32.8 Å². The molecule has 0 radical (unpaired) electrons. The van der Waals surface area contributed by atoms with Gasteiger partial charge in [-0.05, 0) is 19.8 Å². The van der Waals surface area contributed by atoms with E-state index in [1.165, 1.54) is 6.42 Å². The van der Waals surface area contributed by atoms with E-state index in [-0.39, 0.29) is 5.41 Å². The number of hydrogen-bond donors (Lipinski definition) is 1. The number of ether oxygens (including phenoxy) is 1. The Morgan fingerprint density at radius 2 is 2.21 bits per heavy atom. The summed E-state index contributed by atoms with van der Waals surface area (Å²) in [7, 11) is 0. The first-order valence-electron chi connectivity index (χ1n) is 8.86. The second kappa shape index (κ2) is 6.70. The molecule has 3 heterocycles. The molecule has 0 aromatic carbocycles. The van der Waals surface area contributed by atoms with Gasteiger partial charge < -0.3 is 19.5 Å². The topological polar surface area (TPSA) is 75.8 Å². The largest absolute Gasteiger partial charge is 0.381 e. The maximum absolute atomic E-state index is 5.61. The lowest BCUT2D eigenvalue weighted by Crippen LogP contribution is -2.41. The monoisotopic (exact) mass is 335 g/mol. The van der Waals surface area contributed by atoms with E-state index in [0.29, 0.717) is 23.7 Å². The Balaban J connectivity index is 1.67. The number of hydrogen-bond acceptors (Lipinski definition) is 5. The van der Waals surface area contributed by atoms with Crippen LogP contribution in [0, 0.1) is 5.41 Å². The van der Waals surface area contributed by atoms with E-state index < -0.39 is 0 Å². The van der Waals surface area contributed by atoms with Crippen molar-refractivity contribution in [3.05, 3.63) is 11.7 Å². The zero-order valence-electron chi connectivity index (χ0n) is 15.3.